The molecule has 0 amide bonds. The highest BCUT2D eigenvalue weighted by atomic mass is 14.2. The molecule has 68 heavy (non-hydrogen) atoms. The monoisotopic (exact) mass is 893 g/mol. The zero-order valence-corrected chi connectivity index (χ0v) is 43.4. The lowest BCUT2D eigenvalue weighted by molar-refractivity contribution is 0.590. The summed E-state index contributed by atoms with van der Waals surface area (Å²) in [5.41, 5.74) is 23.0. The van der Waals surface area contributed by atoms with Gasteiger partial charge in [-0.05, 0) is 136 Å². The third-order valence-electron chi connectivity index (χ3n) is 11.7. The molecule has 0 saturated carbocycles. The summed E-state index contributed by atoms with van der Waals surface area (Å²) in [6.07, 6.45) is 0. The average molecular weight is 893 g/mol. The second-order valence-corrected chi connectivity index (χ2v) is 18.9. The van der Waals surface area contributed by atoms with E-state index in [1.54, 1.807) is 0 Å². The van der Waals surface area contributed by atoms with Crippen LogP contribution in [0.15, 0.2) is 224 Å². The molecule has 0 saturated heterocycles. The summed E-state index contributed by atoms with van der Waals surface area (Å²) in [6, 6.07) is 78.6. The van der Waals surface area contributed by atoms with Gasteiger partial charge in [-0.2, -0.15) is 0 Å². The maximum Gasteiger partial charge on any atom is -0.0132 e. The molecule has 9 rings (SSSR count). The van der Waals surface area contributed by atoms with E-state index in [0.717, 1.165) is 0 Å². The fourth-order valence-electron chi connectivity index (χ4n) is 7.29. The van der Waals surface area contributed by atoms with Crippen LogP contribution in [0.5, 0.6) is 0 Å². The van der Waals surface area contributed by atoms with Crippen molar-refractivity contribution in [2.45, 2.75) is 95.4 Å². The van der Waals surface area contributed by atoms with Crippen molar-refractivity contribution in [3.63, 3.8) is 0 Å². The number of hydrogen-bond acceptors (Lipinski definition) is 0. The number of rotatable bonds is 3. The van der Waals surface area contributed by atoms with Crippen molar-refractivity contribution in [3.8, 4) is 33.4 Å². The number of benzene rings is 9. The Morgan fingerprint density at radius 3 is 1.01 bits per heavy atom. The van der Waals surface area contributed by atoms with Crippen molar-refractivity contribution >= 4 is 0 Å². The Morgan fingerprint density at radius 2 is 0.588 bits per heavy atom. The molecular formula is C68H76. The van der Waals surface area contributed by atoms with Gasteiger partial charge in [0, 0.05) is 0 Å². The zero-order valence-electron chi connectivity index (χ0n) is 43.4. The number of aryl methyl sites for hydroxylation is 9. The van der Waals surface area contributed by atoms with Gasteiger partial charge in [-0.3, -0.25) is 0 Å². The van der Waals surface area contributed by atoms with E-state index in [-0.39, 0.29) is 5.41 Å². The Hall–Kier alpha value is -7.02. The molecule has 9 aromatic carbocycles. The van der Waals surface area contributed by atoms with Crippen LogP contribution in [0.25, 0.3) is 33.4 Å². The van der Waals surface area contributed by atoms with Gasteiger partial charge in [0.05, 0.1) is 0 Å². The molecule has 0 fully saturated rings. The molecule has 0 spiro atoms. The molecule has 0 nitrogen and oxygen atoms in total. The molecule has 0 aromatic heterocycles. The maximum absolute atomic E-state index is 2.23. The fraction of sp³-hybridized carbons (Fsp3) is 0.206. The summed E-state index contributed by atoms with van der Waals surface area (Å²) < 4.78 is 0. The van der Waals surface area contributed by atoms with Gasteiger partial charge in [-0.25, -0.2) is 0 Å². The molecule has 0 heteroatoms. The fourth-order valence-corrected chi connectivity index (χ4v) is 7.29. The zero-order chi connectivity index (χ0) is 49.5. The summed E-state index contributed by atoms with van der Waals surface area (Å²) in [5, 5.41) is 0. The first-order valence-electron chi connectivity index (χ1n) is 24.0. The van der Waals surface area contributed by atoms with Crippen LogP contribution in [-0.4, -0.2) is 0 Å². The van der Waals surface area contributed by atoms with Crippen molar-refractivity contribution in [3.05, 3.63) is 286 Å². The third-order valence-corrected chi connectivity index (χ3v) is 11.7. The molecule has 0 atom stereocenters. The van der Waals surface area contributed by atoms with E-state index in [1.165, 1.54) is 94.6 Å². The predicted molar refractivity (Wildman–Crippen MR) is 301 cm³/mol. The van der Waals surface area contributed by atoms with Crippen molar-refractivity contribution < 1.29 is 0 Å². The van der Waals surface area contributed by atoms with Crippen molar-refractivity contribution in [2.75, 3.05) is 0 Å². The van der Waals surface area contributed by atoms with Gasteiger partial charge in [0.15, 0.2) is 0 Å². The summed E-state index contributed by atoms with van der Waals surface area (Å²) in [7, 11) is 0. The Labute approximate surface area is 412 Å². The van der Waals surface area contributed by atoms with Gasteiger partial charge in [0.1, 0.15) is 0 Å². The summed E-state index contributed by atoms with van der Waals surface area (Å²) in [6.45, 7) is 28.0. The van der Waals surface area contributed by atoms with Gasteiger partial charge < -0.3 is 0 Å². The normalized spacial score (nSPS) is 10.1. The molecule has 0 bridgehead atoms. The second kappa shape index (κ2) is 27.6. The molecule has 0 aliphatic carbocycles. The van der Waals surface area contributed by atoms with Crippen LogP contribution in [0.3, 0.4) is 0 Å². The minimum atomic E-state index is 0.285. The molecule has 0 N–H and O–H groups in total. The largest absolute Gasteiger partial charge is 0.0622 e. The first-order chi connectivity index (χ1) is 32.5. The molecule has 0 unspecified atom stereocenters. The standard InChI is InChI=1S/3C13H12.C11H16.C10H14.C8H10/c1-11-7-5-6-10-13(11)12-8-3-2-4-9-12;1-11-6-5-9-13(10-11)12-7-3-2-4-8-12;1-11-7-9-13(10-8-11)12-5-3-2-4-6-12;1-9-5-7-10(8-6-9)11(2,3)4;1-7-5-8(2)10(4)9(3)6-7;1-7-3-5-8(2)6-4-7/h3*2-10H,1H3;5-8H,1-4H3;5-6H,1-4H3;3-6H,1-2H3. The van der Waals surface area contributed by atoms with Gasteiger partial charge in [0.25, 0.3) is 0 Å². The topological polar surface area (TPSA) is 0 Å². The van der Waals surface area contributed by atoms with Crippen LogP contribution < -0.4 is 0 Å². The highest BCUT2D eigenvalue weighted by molar-refractivity contribution is 5.67. The first-order valence-corrected chi connectivity index (χ1v) is 24.0. The SMILES string of the molecule is Cc1cc(C)c(C)c(C)c1.Cc1ccc(-c2ccccc2)cc1.Cc1ccc(C(C)(C)C)cc1.Cc1ccc(C)cc1.Cc1cccc(-c2ccccc2)c1.Cc1ccccc1-c1ccccc1. The summed E-state index contributed by atoms with van der Waals surface area (Å²) >= 11 is 0. The van der Waals surface area contributed by atoms with E-state index in [4.69, 9.17) is 0 Å². The van der Waals surface area contributed by atoms with E-state index in [2.05, 4.69) is 296 Å². The maximum atomic E-state index is 2.23. The Balaban J connectivity index is 0.000000179. The average Bonchev–Trinajstić information content (AvgIpc) is 3.34. The minimum Gasteiger partial charge on any atom is -0.0622 e. The van der Waals surface area contributed by atoms with Crippen LogP contribution in [0.1, 0.15) is 82.0 Å². The third kappa shape index (κ3) is 19.1. The molecule has 348 valence electrons. The Morgan fingerprint density at radius 1 is 0.235 bits per heavy atom. The van der Waals surface area contributed by atoms with Crippen LogP contribution in [0.4, 0.5) is 0 Å². The Kier molecular flexibility index (Phi) is 21.7. The van der Waals surface area contributed by atoms with Crippen LogP contribution in [0.2, 0.25) is 0 Å². The quantitative estimate of drug-likeness (QED) is 0.166. The number of hydrogen-bond donors (Lipinski definition) is 0. The van der Waals surface area contributed by atoms with Gasteiger partial charge in [-0.15, -0.1) is 0 Å². The molecule has 0 radical (unpaired) electrons. The van der Waals surface area contributed by atoms with Gasteiger partial charge in [0.2, 0.25) is 0 Å². The Bertz CT molecular complexity index is 2740. The highest BCUT2D eigenvalue weighted by Gasteiger charge is 2.12. The van der Waals surface area contributed by atoms with E-state index in [0.29, 0.717) is 0 Å². The summed E-state index contributed by atoms with van der Waals surface area (Å²) in [5.74, 6) is 0. The van der Waals surface area contributed by atoms with Crippen molar-refractivity contribution in [1.82, 2.24) is 0 Å². The van der Waals surface area contributed by atoms with Gasteiger partial charge in [-0.1, -0.05) is 279 Å². The van der Waals surface area contributed by atoms with E-state index in [9.17, 15) is 0 Å². The second-order valence-electron chi connectivity index (χ2n) is 18.9. The van der Waals surface area contributed by atoms with Crippen molar-refractivity contribution in [2.24, 2.45) is 0 Å². The van der Waals surface area contributed by atoms with E-state index < -0.39 is 0 Å². The molecule has 0 aliphatic heterocycles. The molecular weight excluding hydrogens is 817 g/mol. The van der Waals surface area contributed by atoms with Crippen LogP contribution in [-0.2, 0) is 5.41 Å². The molecule has 9 aromatic rings. The summed E-state index contributed by atoms with van der Waals surface area (Å²) in [4.78, 5) is 0. The van der Waals surface area contributed by atoms with Crippen molar-refractivity contribution in [1.29, 1.82) is 0 Å². The van der Waals surface area contributed by atoms with E-state index >= 15 is 0 Å². The highest BCUT2D eigenvalue weighted by Crippen LogP contribution is 2.24. The minimum absolute atomic E-state index is 0.285. The lowest BCUT2D eigenvalue weighted by Gasteiger charge is -2.18. The van der Waals surface area contributed by atoms with E-state index in [1.807, 2.05) is 18.2 Å². The van der Waals surface area contributed by atoms with Crippen LogP contribution >= 0.6 is 0 Å². The first kappa shape index (κ1) is 53.6. The van der Waals surface area contributed by atoms with Gasteiger partial charge >= 0.3 is 0 Å². The smallest absolute Gasteiger partial charge is 0.0132 e. The predicted octanol–water partition coefficient (Wildman–Crippen LogP) is 19.5. The lowest BCUT2D eigenvalue weighted by Crippen LogP contribution is -2.10. The lowest BCUT2D eigenvalue weighted by atomic mass is 9.87. The van der Waals surface area contributed by atoms with Crippen LogP contribution in [0, 0.1) is 69.2 Å². The molecule has 0 heterocycles. The molecule has 0 aliphatic rings.